The van der Waals surface area contributed by atoms with Gasteiger partial charge in [0.05, 0.1) is 12.7 Å². The highest BCUT2D eigenvalue weighted by Crippen LogP contribution is 2.25. The van der Waals surface area contributed by atoms with E-state index >= 15 is 0 Å². The second-order valence-corrected chi connectivity index (χ2v) is 6.90. The van der Waals surface area contributed by atoms with Crippen molar-refractivity contribution in [2.24, 2.45) is 0 Å². The van der Waals surface area contributed by atoms with Crippen molar-refractivity contribution in [3.63, 3.8) is 0 Å². The van der Waals surface area contributed by atoms with Crippen molar-refractivity contribution in [3.05, 3.63) is 82.7 Å². The fourth-order valence-electron chi connectivity index (χ4n) is 2.79. The highest BCUT2D eigenvalue weighted by atomic mass is 32.1. The number of fused-ring (bicyclic) bond motifs is 1. The zero-order valence-electron chi connectivity index (χ0n) is 15.4. The molecule has 1 N–H and O–H groups in total. The number of nitrogens with one attached hydrogen (secondary N) is 1. The largest absolute Gasteiger partial charge is 0.481 e. The average molecular weight is 404 g/mol. The number of thiophene rings is 1. The summed E-state index contributed by atoms with van der Waals surface area (Å²) in [5, 5.41) is 8.05. The third-order valence-corrected chi connectivity index (χ3v) is 4.90. The molecule has 144 valence electrons. The van der Waals surface area contributed by atoms with E-state index in [-0.39, 0.29) is 11.6 Å². The third-order valence-electron chi connectivity index (χ3n) is 4.21. The molecule has 4 rings (SSSR count). The lowest BCUT2D eigenvalue weighted by atomic mass is 10.1. The van der Waals surface area contributed by atoms with Gasteiger partial charge in [-0.2, -0.15) is 11.3 Å². The lowest BCUT2D eigenvalue weighted by Gasteiger charge is -2.09. The summed E-state index contributed by atoms with van der Waals surface area (Å²) in [7, 11) is 1.51. The number of anilines is 1. The number of ether oxygens (including phenoxy) is 2. The summed E-state index contributed by atoms with van der Waals surface area (Å²) in [6.45, 7) is 0. The van der Waals surface area contributed by atoms with E-state index in [0.29, 0.717) is 22.9 Å². The van der Waals surface area contributed by atoms with Crippen LogP contribution in [0.2, 0.25) is 0 Å². The third kappa shape index (κ3) is 4.09. The predicted octanol–water partition coefficient (Wildman–Crippen LogP) is 4.78. The molecule has 0 spiro atoms. The molecule has 0 atom stereocenters. The zero-order chi connectivity index (χ0) is 20.2. The lowest BCUT2D eigenvalue weighted by molar-refractivity contribution is 0.0727. The molecule has 0 unspecified atom stereocenters. The van der Waals surface area contributed by atoms with Gasteiger partial charge in [0.2, 0.25) is 5.88 Å². The molecular formula is C22H16N2O4S. The molecule has 0 aliphatic heterocycles. The number of rotatable bonds is 5. The molecule has 0 fully saturated rings. The second-order valence-electron chi connectivity index (χ2n) is 6.12. The summed E-state index contributed by atoms with van der Waals surface area (Å²) in [4.78, 5) is 28.9. The van der Waals surface area contributed by atoms with Crippen molar-refractivity contribution in [1.29, 1.82) is 0 Å². The molecule has 7 heteroatoms. The van der Waals surface area contributed by atoms with Gasteiger partial charge in [-0.3, -0.25) is 4.79 Å². The number of carbonyl (C=O) groups is 2. The SMILES string of the molecule is COc1nc(C(=O)Oc2ccc(NC(=O)c3ccsc3)cc2)cc2ccccc12. The summed E-state index contributed by atoms with van der Waals surface area (Å²) in [6.07, 6.45) is 0. The molecule has 0 saturated carbocycles. The van der Waals surface area contributed by atoms with E-state index in [9.17, 15) is 9.59 Å². The van der Waals surface area contributed by atoms with Crippen LogP contribution in [-0.2, 0) is 0 Å². The number of nitrogens with zero attached hydrogens (tertiary/aromatic N) is 1. The van der Waals surface area contributed by atoms with Crippen LogP contribution in [0, 0.1) is 0 Å². The number of aromatic nitrogens is 1. The van der Waals surface area contributed by atoms with Crippen LogP contribution in [0.25, 0.3) is 10.8 Å². The Morgan fingerprint density at radius 1 is 1.03 bits per heavy atom. The first-order valence-electron chi connectivity index (χ1n) is 8.73. The van der Waals surface area contributed by atoms with Gasteiger partial charge in [0.25, 0.3) is 5.91 Å². The van der Waals surface area contributed by atoms with Crippen LogP contribution in [0.5, 0.6) is 11.6 Å². The zero-order valence-corrected chi connectivity index (χ0v) is 16.2. The smallest absolute Gasteiger partial charge is 0.362 e. The van der Waals surface area contributed by atoms with Crippen molar-refractivity contribution in [2.45, 2.75) is 0 Å². The maximum atomic E-state index is 12.5. The number of hydrogen-bond donors (Lipinski definition) is 1. The van der Waals surface area contributed by atoms with Crippen LogP contribution in [0.15, 0.2) is 71.4 Å². The van der Waals surface area contributed by atoms with Crippen molar-refractivity contribution in [1.82, 2.24) is 4.98 Å². The van der Waals surface area contributed by atoms with Gasteiger partial charge in [-0.25, -0.2) is 9.78 Å². The van der Waals surface area contributed by atoms with Crippen LogP contribution in [-0.4, -0.2) is 24.0 Å². The van der Waals surface area contributed by atoms with E-state index < -0.39 is 5.97 Å². The maximum Gasteiger partial charge on any atom is 0.362 e. The summed E-state index contributed by atoms with van der Waals surface area (Å²) >= 11 is 1.46. The highest BCUT2D eigenvalue weighted by molar-refractivity contribution is 7.08. The van der Waals surface area contributed by atoms with Crippen LogP contribution in [0.4, 0.5) is 5.69 Å². The van der Waals surface area contributed by atoms with Gasteiger partial charge >= 0.3 is 5.97 Å². The van der Waals surface area contributed by atoms with Gasteiger partial charge in [-0.15, -0.1) is 0 Å². The van der Waals surface area contributed by atoms with Crippen molar-refractivity contribution >= 4 is 39.7 Å². The van der Waals surface area contributed by atoms with E-state index in [1.165, 1.54) is 18.4 Å². The Labute approximate surface area is 170 Å². The Balaban J connectivity index is 1.48. The summed E-state index contributed by atoms with van der Waals surface area (Å²) in [5.74, 6) is -0.0773. The molecule has 29 heavy (non-hydrogen) atoms. The minimum atomic E-state index is -0.593. The number of hydrogen-bond acceptors (Lipinski definition) is 6. The number of benzene rings is 2. The topological polar surface area (TPSA) is 77.5 Å². The predicted molar refractivity (Wildman–Crippen MR) is 112 cm³/mol. The van der Waals surface area contributed by atoms with Crippen LogP contribution in [0.3, 0.4) is 0 Å². The molecular weight excluding hydrogens is 388 g/mol. The van der Waals surface area contributed by atoms with E-state index in [1.54, 1.807) is 41.8 Å². The highest BCUT2D eigenvalue weighted by Gasteiger charge is 2.15. The molecule has 2 aromatic heterocycles. The Morgan fingerprint density at radius 2 is 1.83 bits per heavy atom. The Morgan fingerprint density at radius 3 is 2.55 bits per heavy atom. The maximum absolute atomic E-state index is 12.5. The minimum absolute atomic E-state index is 0.149. The Hall–Kier alpha value is -3.71. The molecule has 0 aliphatic carbocycles. The number of pyridine rings is 1. The van der Waals surface area contributed by atoms with Crippen molar-refractivity contribution in [2.75, 3.05) is 12.4 Å². The molecule has 1 amide bonds. The van der Waals surface area contributed by atoms with Gasteiger partial charge in [0.1, 0.15) is 5.75 Å². The van der Waals surface area contributed by atoms with Gasteiger partial charge in [-0.1, -0.05) is 18.2 Å². The quantitative estimate of drug-likeness (QED) is 0.383. The second kappa shape index (κ2) is 8.12. The van der Waals surface area contributed by atoms with Crippen molar-refractivity contribution < 1.29 is 19.1 Å². The molecule has 0 bridgehead atoms. The first-order chi connectivity index (χ1) is 14.1. The normalized spacial score (nSPS) is 10.5. The number of amides is 1. The first kappa shape index (κ1) is 18.6. The van der Waals surface area contributed by atoms with Gasteiger partial charge < -0.3 is 14.8 Å². The number of methoxy groups -OCH3 is 1. The summed E-state index contributed by atoms with van der Waals surface area (Å²) in [6, 6.07) is 17.5. The lowest BCUT2D eigenvalue weighted by Crippen LogP contribution is -2.12. The molecule has 0 radical (unpaired) electrons. The number of esters is 1. The Kier molecular flexibility index (Phi) is 5.22. The van der Waals surface area contributed by atoms with Gasteiger partial charge in [0, 0.05) is 16.5 Å². The molecule has 2 heterocycles. The van der Waals surface area contributed by atoms with Crippen LogP contribution < -0.4 is 14.8 Å². The van der Waals surface area contributed by atoms with Crippen molar-refractivity contribution in [3.8, 4) is 11.6 Å². The van der Waals surface area contributed by atoms with E-state index in [4.69, 9.17) is 9.47 Å². The van der Waals surface area contributed by atoms with E-state index in [1.807, 2.05) is 29.6 Å². The molecule has 2 aromatic carbocycles. The standard InChI is InChI=1S/C22H16N2O4S/c1-27-21-18-5-3-2-4-14(18)12-19(24-21)22(26)28-17-8-6-16(7-9-17)23-20(25)15-10-11-29-13-15/h2-13H,1H3,(H,23,25). The van der Waals surface area contributed by atoms with E-state index in [2.05, 4.69) is 10.3 Å². The van der Waals surface area contributed by atoms with Gasteiger partial charge in [-0.05, 0) is 53.2 Å². The molecule has 6 nitrogen and oxygen atoms in total. The molecule has 0 aliphatic rings. The fraction of sp³-hybridized carbons (Fsp3) is 0.0455. The first-order valence-corrected chi connectivity index (χ1v) is 9.68. The van der Waals surface area contributed by atoms with Gasteiger partial charge in [0.15, 0.2) is 5.69 Å². The number of carbonyl (C=O) groups excluding carboxylic acids is 2. The van der Waals surface area contributed by atoms with E-state index in [0.717, 1.165) is 10.8 Å². The molecule has 0 saturated heterocycles. The minimum Gasteiger partial charge on any atom is -0.481 e. The molecule has 4 aromatic rings. The summed E-state index contributed by atoms with van der Waals surface area (Å²) in [5.41, 5.74) is 1.35. The Bertz CT molecular complexity index is 1170. The fourth-order valence-corrected chi connectivity index (χ4v) is 3.43. The van der Waals surface area contributed by atoms with Crippen LogP contribution >= 0.6 is 11.3 Å². The average Bonchev–Trinajstić information content (AvgIpc) is 3.29. The summed E-state index contributed by atoms with van der Waals surface area (Å²) < 4.78 is 10.7. The van der Waals surface area contributed by atoms with Crippen LogP contribution in [0.1, 0.15) is 20.8 Å². The monoisotopic (exact) mass is 404 g/mol.